The van der Waals surface area contributed by atoms with Gasteiger partial charge in [-0.3, -0.25) is 4.79 Å². The molecule has 2 fully saturated rings. The highest BCUT2D eigenvalue weighted by molar-refractivity contribution is 8.00. The number of thioether (sulfide) groups is 1. The molecular formula is C13H24N2OS. The van der Waals surface area contributed by atoms with Crippen molar-refractivity contribution < 1.29 is 4.79 Å². The number of hydrogen-bond donors (Lipinski definition) is 1. The van der Waals surface area contributed by atoms with E-state index in [1.807, 2.05) is 11.8 Å². The second-order valence-corrected chi connectivity index (χ2v) is 7.69. The standard InChI is InChI=1S/C13H24N2OS/c1-10-7-15(8-11(2)17-10)12(16)13(3)5-4-6-14-9-13/h10-11,14H,4-9H2,1-3H3. The summed E-state index contributed by atoms with van der Waals surface area (Å²) in [6.07, 6.45) is 2.15. The van der Waals surface area contributed by atoms with Crippen molar-refractivity contribution in [3.8, 4) is 0 Å². The molecule has 4 heteroatoms. The van der Waals surface area contributed by atoms with Gasteiger partial charge in [-0.15, -0.1) is 0 Å². The van der Waals surface area contributed by atoms with Gasteiger partial charge in [0.05, 0.1) is 5.41 Å². The van der Waals surface area contributed by atoms with Crippen molar-refractivity contribution in [1.82, 2.24) is 10.2 Å². The van der Waals surface area contributed by atoms with Crippen LogP contribution < -0.4 is 5.32 Å². The van der Waals surface area contributed by atoms with Gasteiger partial charge in [0.2, 0.25) is 5.91 Å². The first-order valence-corrected chi connectivity index (χ1v) is 7.61. The van der Waals surface area contributed by atoms with Gasteiger partial charge in [-0.05, 0) is 26.3 Å². The van der Waals surface area contributed by atoms with E-state index in [1.165, 1.54) is 0 Å². The lowest BCUT2D eigenvalue weighted by Gasteiger charge is -2.41. The summed E-state index contributed by atoms with van der Waals surface area (Å²) < 4.78 is 0. The van der Waals surface area contributed by atoms with Gasteiger partial charge in [-0.1, -0.05) is 13.8 Å². The summed E-state index contributed by atoms with van der Waals surface area (Å²) >= 11 is 2.00. The van der Waals surface area contributed by atoms with Crippen molar-refractivity contribution >= 4 is 17.7 Å². The highest BCUT2D eigenvalue weighted by atomic mass is 32.2. The zero-order chi connectivity index (χ0) is 12.5. The van der Waals surface area contributed by atoms with Crippen LogP contribution in [0.4, 0.5) is 0 Å². The number of hydrogen-bond acceptors (Lipinski definition) is 3. The molecule has 1 N–H and O–H groups in total. The summed E-state index contributed by atoms with van der Waals surface area (Å²) in [5.74, 6) is 0.365. The van der Waals surface area contributed by atoms with E-state index in [0.29, 0.717) is 16.4 Å². The van der Waals surface area contributed by atoms with Crippen molar-refractivity contribution in [3.05, 3.63) is 0 Å². The number of amides is 1. The number of carbonyl (C=O) groups is 1. The Morgan fingerprint density at radius 3 is 2.53 bits per heavy atom. The molecule has 2 rings (SSSR count). The number of rotatable bonds is 1. The van der Waals surface area contributed by atoms with E-state index in [-0.39, 0.29) is 5.41 Å². The lowest BCUT2D eigenvalue weighted by molar-refractivity contribution is -0.142. The summed E-state index contributed by atoms with van der Waals surface area (Å²) in [4.78, 5) is 14.7. The Morgan fingerprint density at radius 1 is 1.35 bits per heavy atom. The fourth-order valence-electron chi connectivity index (χ4n) is 2.96. The lowest BCUT2D eigenvalue weighted by atomic mass is 9.81. The van der Waals surface area contributed by atoms with Crippen LogP contribution in [-0.4, -0.2) is 47.5 Å². The maximum Gasteiger partial charge on any atom is 0.229 e. The molecule has 98 valence electrons. The first-order chi connectivity index (χ1) is 8.01. The Balaban J connectivity index is 2.03. The third kappa shape index (κ3) is 2.97. The molecule has 2 aliphatic rings. The molecule has 0 radical (unpaired) electrons. The average molecular weight is 256 g/mol. The van der Waals surface area contributed by atoms with Gasteiger partial charge in [0.25, 0.3) is 0 Å². The minimum Gasteiger partial charge on any atom is -0.340 e. The van der Waals surface area contributed by atoms with Crippen LogP contribution >= 0.6 is 11.8 Å². The molecule has 0 bridgehead atoms. The van der Waals surface area contributed by atoms with Gasteiger partial charge >= 0.3 is 0 Å². The third-order valence-corrected chi connectivity index (χ3v) is 5.05. The number of nitrogens with zero attached hydrogens (tertiary/aromatic N) is 1. The van der Waals surface area contributed by atoms with Gasteiger partial charge in [0, 0.05) is 30.1 Å². The van der Waals surface area contributed by atoms with Crippen LogP contribution in [-0.2, 0) is 4.79 Å². The summed E-state index contributed by atoms with van der Waals surface area (Å²) in [6.45, 7) is 10.3. The van der Waals surface area contributed by atoms with Gasteiger partial charge in [0.1, 0.15) is 0 Å². The van der Waals surface area contributed by atoms with E-state index in [2.05, 4.69) is 31.0 Å². The maximum atomic E-state index is 12.6. The van der Waals surface area contributed by atoms with Gasteiger partial charge in [-0.25, -0.2) is 0 Å². The van der Waals surface area contributed by atoms with E-state index < -0.39 is 0 Å². The van der Waals surface area contributed by atoms with Crippen molar-refractivity contribution in [3.63, 3.8) is 0 Å². The molecule has 0 aromatic heterocycles. The summed E-state index contributed by atoms with van der Waals surface area (Å²) in [5, 5.41) is 4.51. The summed E-state index contributed by atoms with van der Waals surface area (Å²) in [7, 11) is 0. The second kappa shape index (κ2) is 5.19. The van der Waals surface area contributed by atoms with Crippen LogP contribution in [0.5, 0.6) is 0 Å². The van der Waals surface area contributed by atoms with Crippen molar-refractivity contribution in [2.75, 3.05) is 26.2 Å². The molecule has 3 atom stereocenters. The molecule has 0 spiro atoms. The van der Waals surface area contributed by atoms with Crippen molar-refractivity contribution in [2.45, 2.75) is 44.1 Å². The molecule has 2 saturated heterocycles. The largest absolute Gasteiger partial charge is 0.340 e. The molecule has 2 aliphatic heterocycles. The fraction of sp³-hybridized carbons (Fsp3) is 0.923. The molecule has 0 aromatic carbocycles. The highest BCUT2D eigenvalue weighted by Crippen LogP contribution is 2.32. The molecule has 1 amide bonds. The molecule has 0 saturated carbocycles. The first kappa shape index (κ1) is 13.2. The van der Waals surface area contributed by atoms with E-state index >= 15 is 0 Å². The van der Waals surface area contributed by atoms with Crippen LogP contribution in [0.1, 0.15) is 33.6 Å². The summed E-state index contributed by atoms with van der Waals surface area (Å²) in [5.41, 5.74) is -0.167. The minimum absolute atomic E-state index is 0.167. The molecule has 0 aromatic rings. The normalized spacial score (nSPS) is 39.1. The quantitative estimate of drug-likeness (QED) is 0.775. The van der Waals surface area contributed by atoms with E-state index in [4.69, 9.17) is 0 Å². The lowest BCUT2D eigenvalue weighted by Crippen LogP contribution is -2.54. The van der Waals surface area contributed by atoms with Crippen molar-refractivity contribution in [2.24, 2.45) is 5.41 Å². The molecule has 3 nitrogen and oxygen atoms in total. The Bertz CT molecular complexity index is 279. The van der Waals surface area contributed by atoms with Crippen LogP contribution in [0, 0.1) is 5.41 Å². The molecule has 3 unspecified atom stereocenters. The Kier molecular flexibility index (Phi) is 4.03. The van der Waals surface area contributed by atoms with Crippen LogP contribution in [0.15, 0.2) is 0 Å². The maximum absolute atomic E-state index is 12.6. The average Bonchev–Trinajstić information content (AvgIpc) is 2.27. The SMILES string of the molecule is CC1CN(C(=O)C2(C)CCCNC2)CC(C)S1. The van der Waals surface area contributed by atoms with Crippen LogP contribution in [0.3, 0.4) is 0 Å². The van der Waals surface area contributed by atoms with Crippen molar-refractivity contribution in [1.29, 1.82) is 0 Å². The summed E-state index contributed by atoms with van der Waals surface area (Å²) in [6, 6.07) is 0. The van der Waals surface area contributed by atoms with Gasteiger partial charge in [-0.2, -0.15) is 11.8 Å². The predicted octanol–water partition coefficient (Wildman–Crippen LogP) is 1.73. The molecular weight excluding hydrogens is 232 g/mol. The van der Waals surface area contributed by atoms with E-state index in [0.717, 1.165) is 39.0 Å². The zero-order valence-corrected chi connectivity index (χ0v) is 12.0. The fourth-order valence-corrected chi connectivity index (χ4v) is 4.29. The first-order valence-electron chi connectivity index (χ1n) is 6.67. The van der Waals surface area contributed by atoms with E-state index in [9.17, 15) is 4.79 Å². The van der Waals surface area contributed by atoms with Crippen LogP contribution in [0.25, 0.3) is 0 Å². The van der Waals surface area contributed by atoms with Gasteiger partial charge in [0.15, 0.2) is 0 Å². The molecule has 17 heavy (non-hydrogen) atoms. The van der Waals surface area contributed by atoms with Crippen LogP contribution in [0.2, 0.25) is 0 Å². The minimum atomic E-state index is -0.167. The zero-order valence-electron chi connectivity index (χ0n) is 11.2. The topological polar surface area (TPSA) is 32.3 Å². The Hall–Kier alpha value is -0.220. The monoisotopic (exact) mass is 256 g/mol. The smallest absolute Gasteiger partial charge is 0.229 e. The third-order valence-electron chi connectivity index (χ3n) is 3.82. The highest BCUT2D eigenvalue weighted by Gasteiger charge is 2.39. The Morgan fingerprint density at radius 2 is 2.00 bits per heavy atom. The van der Waals surface area contributed by atoms with E-state index in [1.54, 1.807) is 0 Å². The molecule has 2 heterocycles. The molecule has 0 aliphatic carbocycles. The number of nitrogens with one attached hydrogen (secondary N) is 1. The number of carbonyl (C=O) groups excluding carboxylic acids is 1. The second-order valence-electron chi connectivity index (χ2n) is 5.81. The Labute approximate surface area is 109 Å². The predicted molar refractivity (Wildman–Crippen MR) is 73.3 cm³/mol. The van der Waals surface area contributed by atoms with Gasteiger partial charge < -0.3 is 10.2 Å². The number of piperidine rings is 1.